The number of aromatic nitrogens is 1. The summed E-state index contributed by atoms with van der Waals surface area (Å²) in [6.07, 6.45) is 2.77. The molecule has 0 radical (unpaired) electrons. The Morgan fingerprint density at radius 3 is 2.67 bits per heavy atom. The van der Waals surface area contributed by atoms with Crippen LogP contribution >= 0.6 is 23.4 Å². The van der Waals surface area contributed by atoms with Crippen molar-refractivity contribution in [3.05, 3.63) is 29.0 Å². The number of rotatable bonds is 1. The fourth-order valence-electron chi connectivity index (χ4n) is 1.81. The van der Waals surface area contributed by atoms with Gasteiger partial charge in [-0.1, -0.05) is 11.6 Å². The van der Waals surface area contributed by atoms with Gasteiger partial charge in [0.1, 0.15) is 5.60 Å². The van der Waals surface area contributed by atoms with Crippen LogP contribution in [-0.4, -0.2) is 27.6 Å². The second kappa shape index (κ2) is 4.26. The molecule has 82 valence electrons. The fourth-order valence-corrected chi connectivity index (χ4v) is 2.28. The molecule has 0 aliphatic carbocycles. The normalized spacial score (nSPS) is 21.5. The topological polar surface area (TPSA) is 36.4 Å². The van der Waals surface area contributed by atoms with Gasteiger partial charge in [0.15, 0.2) is 0 Å². The van der Waals surface area contributed by atoms with Crippen molar-refractivity contribution in [1.82, 2.24) is 9.40 Å². The number of hydrogen-bond donors (Lipinski definition) is 1. The van der Waals surface area contributed by atoms with Crippen LogP contribution in [0.1, 0.15) is 18.5 Å². The second-order valence-corrected chi connectivity index (χ2v) is 4.66. The van der Waals surface area contributed by atoms with Gasteiger partial charge in [0.25, 0.3) is 0 Å². The number of piperidine rings is 1. The van der Waals surface area contributed by atoms with E-state index in [1.54, 1.807) is 22.7 Å². The standard InChI is InChI=1S/C10H12Cl2N2O/c11-8-2-1-5-13-9(8)10(15)3-6-14(12)7-4-10/h1-2,5,15H,3-4,6-7H2. The Kier molecular flexibility index (Phi) is 3.16. The van der Waals surface area contributed by atoms with E-state index in [-0.39, 0.29) is 0 Å². The van der Waals surface area contributed by atoms with Gasteiger partial charge in [-0.05, 0) is 36.8 Å². The van der Waals surface area contributed by atoms with Crippen molar-refractivity contribution in [2.45, 2.75) is 18.4 Å². The summed E-state index contributed by atoms with van der Waals surface area (Å²) in [7, 11) is 0. The third-order valence-corrected chi connectivity index (χ3v) is 3.38. The maximum Gasteiger partial charge on any atom is 0.111 e. The fraction of sp³-hybridized carbons (Fsp3) is 0.500. The first-order valence-electron chi connectivity index (χ1n) is 4.86. The second-order valence-electron chi connectivity index (χ2n) is 3.78. The summed E-state index contributed by atoms with van der Waals surface area (Å²) >= 11 is 11.9. The van der Waals surface area contributed by atoms with Gasteiger partial charge < -0.3 is 5.11 Å². The number of aliphatic hydroxyl groups is 1. The van der Waals surface area contributed by atoms with E-state index in [9.17, 15) is 5.11 Å². The number of hydrogen-bond acceptors (Lipinski definition) is 3. The smallest absolute Gasteiger partial charge is 0.111 e. The van der Waals surface area contributed by atoms with Crippen LogP contribution in [0.4, 0.5) is 0 Å². The van der Waals surface area contributed by atoms with E-state index in [1.165, 1.54) is 0 Å². The van der Waals surface area contributed by atoms with Gasteiger partial charge in [0.05, 0.1) is 10.7 Å². The van der Waals surface area contributed by atoms with Crippen molar-refractivity contribution in [2.24, 2.45) is 0 Å². The molecule has 1 aromatic heterocycles. The summed E-state index contributed by atoms with van der Waals surface area (Å²) in [5, 5.41) is 10.9. The van der Waals surface area contributed by atoms with E-state index < -0.39 is 5.60 Å². The summed E-state index contributed by atoms with van der Waals surface area (Å²) in [6, 6.07) is 3.50. The lowest BCUT2D eigenvalue weighted by atomic mass is 9.88. The highest BCUT2D eigenvalue weighted by atomic mass is 35.5. The average Bonchev–Trinajstić information content (AvgIpc) is 2.23. The zero-order chi connectivity index (χ0) is 10.9. The summed E-state index contributed by atoms with van der Waals surface area (Å²) in [6.45, 7) is 1.29. The molecule has 0 atom stereocenters. The first kappa shape index (κ1) is 11.1. The van der Waals surface area contributed by atoms with Crippen LogP contribution < -0.4 is 0 Å². The first-order valence-corrected chi connectivity index (χ1v) is 5.57. The summed E-state index contributed by atoms with van der Waals surface area (Å²) in [4.78, 5) is 4.16. The lowest BCUT2D eigenvalue weighted by Crippen LogP contribution is -2.39. The SMILES string of the molecule is OC1(c2ncccc2Cl)CCN(Cl)CC1. The molecule has 0 spiro atoms. The molecule has 15 heavy (non-hydrogen) atoms. The molecule has 0 saturated carbocycles. The number of pyridine rings is 1. The molecule has 1 N–H and O–H groups in total. The van der Waals surface area contributed by atoms with E-state index in [4.69, 9.17) is 23.4 Å². The van der Waals surface area contributed by atoms with Gasteiger partial charge in [-0.25, -0.2) is 4.42 Å². The van der Waals surface area contributed by atoms with Crippen LogP contribution in [0, 0.1) is 0 Å². The van der Waals surface area contributed by atoms with Gasteiger partial charge >= 0.3 is 0 Å². The Morgan fingerprint density at radius 1 is 1.40 bits per heavy atom. The molecule has 0 bridgehead atoms. The predicted octanol–water partition coefficient (Wildman–Crippen LogP) is 2.17. The van der Waals surface area contributed by atoms with Crippen molar-refractivity contribution in [3.8, 4) is 0 Å². The van der Waals surface area contributed by atoms with Crippen molar-refractivity contribution in [2.75, 3.05) is 13.1 Å². The first-order chi connectivity index (χ1) is 7.12. The molecule has 1 saturated heterocycles. The lowest BCUT2D eigenvalue weighted by molar-refractivity contribution is -0.0131. The van der Waals surface area contributed by atoms with Crippen molar-refractivity contribution >= 4 is 23.4 Å². The van der Waals surface area contributed by atoms with Gasteiger partial charge in [0, 0.05) is 19.3 Å². The van der Waals surface area contributed by atoms with E-state index in [1.807, 2.05) is 0 Å². The van der Waals surface area contributed by atoms with Crippen molar-refractivity contribution in [3.63, 3.8) is 0 Å². The van der Waals surface area contributed by atoms with Gasteiger partial charge in [-0.15, -0.1) is 0 Å². The van der Waals surface area contributed by atoms with E-state index in [0.29, 0.717) is 36.6 Å². The lowest BCUT2D eigenvalue weighted by Gasteiger charge is -2.35. The predicted molar refractivity (Wildman–Crippen MR) is 59.8 cm³/mol. The Balaban J connectivity index is 2.26. The Hall–Kier alpha value is -0.350. The van der Waals surface area contributed by atoms with E-state index in [0.717, 1.165) is 0 Å². The number of nitrogens with zero attached hydrogens (tertiary/aromatic N) is 2. The highest BCUT2D eigenvalue weighted by molar-refractivity contribution is 6.31. The molecule has 0 unspecified atom stereocenters. The molecule has 0 amide bonds. The summed E-state index contributed by atoms with van der Waals surface area (Å²) < 4.78 is 1.67. The van der Waals surface area contributed by atoms with Crippen LogP contribution in [0.2, 0.25) is 5.02 Å². The molecule has 2 rings (SSSR count). The molecule has 3 nitrogen and oxygen atoms in total. The van der Waals surface area contributed by atoms with E-state index in [2.05, 4.69) is 4.98 Å². The maximum atomic E-state index is 10.4. The summed E-state index contributed by atoms with van der Waals surface area (Å²) in [5.41, 5.74) is -0.361. The zero-order valence-electron chi connectivity index (χ0n) is 8.16. The van der Waals surface area contributed by atoms with Crippen LogP contribution in [0.25, 0.3) is 0 Å². The van der Waals surface area contributed by atoms with E-state index >= 15 is 0 Å². The molecule has 1 aliphatic heterocycles. The molecule has 1 aromatic rings. The van der Waals surface area contributed by atoms with Crippen molar-refractivity contribution < 1.29 is 5.11 Å². The Labute approximate surface area is 98.7 Å². The van der Waals surface area contributed by atoms with Crippen LogP contribution in [0.3, 0.4) is 0 Å². The molecular weight excluding hydrogens is 235 g/mol. The van der Waals surface area contributed by atoms with Gasteiger partial charge in [0.2, 0.25) is 0 Å². The van der Waals surface area contributed by atoms with Crippen LogP contribution in [0.5, 0.6) is 0 Å². The monoisotopic (exact) mass is 246 g/mol. The molecule has 0 aromatic carbocycles. The largest absolute Gasteiger partial charge is 0.383 e. The molecule has 5 heteroatoms. The van der Waals surface area contributed by atoms with Crippen LogP contribution in [-0.2, 0) is 5.60 Å². The third-order valence-electron chi connectivity index (χ3n) is 2.74. The Bertz CT molecular complexity index is 351. The minimum absolute atomic E-state index is 0.517. The summed E-state index contributed by atoms with van der Waals surface area (Å²) in [5.74, 6) is 0. The third kappa shape index (κ3) is 2.26. The molecule has 1 fully saturated rings. The quantitative estimate of drug-likeness (QED) is 0.772. The highest BCUT2D eigenvalue weighted by Gasteiger charge is 2.36. The highest BCUT2D eigenvalue weighted by Crippen LogP contribution is 2.35. The minimum atomic E-state index is -0.927. The van der Waals surface area contributed by atoms with Gasteiger partial charge in [-0.2, -0.15) is 0 Å². The van der Waals surface area contributed by atoms with Crippen molar-refractivity contribution in [1.29, 1.82) is 0 Å². The Morgan fingerprint density at radius 2 is 2.07 bits per heavy atom. The molecule has 2 heterocycles. The van der Waals surface area contributed by atoms with Crippen LogP contribution in [0.15, 0.2) is 18.3 Å². The maximum absolute atomic E-state index is 10.4. The number of halogens is 2. The van der Waals surface area contributed by atoms with Gasteiger partial charge in [-0.3, -0.25) is 4.98 Å². The zero-order valence-corrected chi connectivity index (χ0v) is 9.67. The molecule has 1 aliphatic rings. The minimum Gasteiger partial charge on any atom is -0.383 e. The molecular formula is C10H12Cl2N2O. The average molecular weight is 247 g/mol.